The van der Waals surface area contributed by atoms with Gasteiger partial charge < -0.3 is 5.73 Å². The SMILES string of the molecule is Cc1csc(C(C)NS(=O)(=O)c2cn(C)nc2N)n1. The van der Waals surface area contributed by atoms with Gasteiger partial charge in [-0.25, -0.2) is 18.1 Å². The molecule has 0 saturated heterocycles. The minimum atomic E-state index is -3.70. The van der Waals surface area contributed by atoms with Crippen molar-refractivity contribution in [2.45, 2.75) is 24.8 Å². The molecular weight excluding hydrogens is 286 g/mol. The Hall–Kier alpha value is -1.45. The molecule has 0 fully saturated rings. The summed E-state index contributed by atoms with van der Waals surface area (Å²) in [4.78, 5) is 4.24. The molecule has 0 spiro atoms. The summed E-state index contributed by atoms with van der Waals surface area (Å²) in [7, 11) is -2.09. The topological polar surface area (TPSA) is 103 Å². The third kappa shape index (κ3) is 2.94. The second-order valence-electron chi connectivity index (χ2n) is 4.22. The number of sulfonamides is 1. The van der Waals surface area contributed by atoms with Crippen LogP contribution in [-0.4, -0.2) is 23.2 Å². The van der Waals surface area contributed by atoms with Crippen LogP contribution in [0.2, 0.25) is 0 Å². The van der Waals surface area contributed by atoms with Crippen LogP contribution in [0.1, 0.15) is 23.7 Å². The van der Waals surface area contributed by atoms with Gasteiger partial charge in [-0.05, 0) is 13.8 Å². The average Bonchev–Trinajstić information content (AvgIpc) is 2.84. The zero-order chi connectivity index (χ0) is 14.2. The van der Waals surface area contributed by atoms with E-state index in [1.54, 1.807) is 14.0 Å². The number of nitrogen functional groups attached to an aromatic ring is 1. The third-order valence-corrected chi connectivity index (χ3v) is 5.15. The van der Waals surface area contributed by atoms with Crippen LogP contribution >= 0.6 is 11.3 Å². The molecule has 3 N–H and O–H groups in total. The van der Waals surface area contributed by atoms with Crippen molar-refractivity contribution in [3.05, 3.63) is 22.3 Å². The van der Waals surface area contributed by atoms with Crippen LogP contribution < -0.4 is 10.5 Å². The van der Waals surface area contributed by atoms with E-state index in [2.05, 4.69) is 14.8 Å². The highest BCUT2D eigenvalue weighted by Crippen LogP contribution is 2.22. The number of nitrogens with zero attached hydrogens (tertiary/aromatic N) is 3. The lowest BCUT2D eigenvalue weighted by atomic mass is 10.4. The molecule has 2 rings (SSSR count). The highest BCUT2D eigenvalue weighted by Gasteiger charge is 2.24. The number of nitrogens with two attached hydrogens (primary N) is 1. The zero-order valence-corrected chi connectivity index (χ0v) is 12.4. The normalized spacial score (nSPS) is 13.6. The van der Waals surface area contributed by atoms with Gasteiger partial charge in [-0.1, -0.05) is 0 Å². The largest absolute Gasteiger partial charge is 0.381 e. The average molecular weight is 301 g/mol. The van der Waals surface area contributed by atoms with Crippen LogP contribution in [0.4, 0.5) is 5.82 Å². The Labute approximate surface area is 115 Å². The quantitative estimate of drug-likeness (QED) is 0.869. The smallest absolute Gasteiger partial charge is 0.246 e. The van der Waals surface area contributed by atoms with Crippen LogP contribution in [0.25, 0.3) is 0 Å². The van der Waals surface area contributed by atoms with Gasteiger partial charge in [0.2, 0.25) is 10.0 Å². The van der Waals surface area contributed by atoms with Gasteiger partial charge in [-0.3, -0.25) is 4.68 Å². The van der Waals surface area contributed by atoms with Crippen LogP contribution in [0.15, 0.2) is 16.5 Å². The van der Waals surface area contributed by atoms with Crippen LogP contribution in [0.5, 0.6) is 0 Å². The fourth-order valence-electron chi connectivity index (χ4n) is 1.61. The summed E-state index contributed by atoms with van der Waals surface area (Å²) in [5, 5.41) is 6.41. The predicted octanol–water partition coefficient (Wildman–Crippen LogP) is 0.807. The van der Waals surface area contributed by atoms with Gasteiger partial charge in [-0.2, -0.15) is 5.10 Å². The van der Waals surface area contributed by atoms with Gasteiger partial charge in [0.25, 0.3) is 0 Å². The molecule has 2 heterocycles. The first-order valence-electron chi connectivity index (χ1n) is 5.53. The minimum absolute atomic E-state index is 0.0162. The number of anilines is 1. The molecule has 0 aliphatic heterocycles. The lowest BCUT2D eigenvalue weighted by Crippen LogP contribution is -2.27. The molecule has 0 radical (unpaired) electrons. The fraction of sp³-hybridized carbons (Fsp3) is 0.400. The van der Waals surface area contributed by atoms with Gasteiger partial charge >= 0.3 is 0 Å². The van der Waals surface area contributed by atoms with Gasteiger partial charge in [-0.15, -0.1) is 11.3 Å². The molecule has 0 aliphatic rings. The molecule has 1 unspecified atom stereocenters. The number of rotatable bonds is 4. The lowest BCUT2D eigenvalue weighted by Gasteiger charge is -2.10. The lowest BCUT2D eigenvalue weighted by molar-refractivity contribution is 0.566. The van der Waals surface area contributed by atoms with Crippen LogP contribution in [0.3, 0.4) is 0 Å². The molecule has 0 aliphatic carbocycles. The zero-order valence-electron chi connectivity index (χ0n) is 10.8. The number of hydrogen-bond donors (Lipinski definition) is 2. The molecule has 2 aromatic rings. The van der Waals surface area contributed by atoms with Crippen molar-refractivity contribution >= 4 is 27.2 Å². The van der Waals surface area contributed by atoms with Gasteiger partial charge in [0.15, 0.2) is 5.82 Å². The maximum atomic E-state index is 12.2. The van der Waals surface area contributed by atoms with Gasteiger partial charge in [0.05, 0.1) is 6.04 Å². The molecule has 0 amide bonds. The summed E-state index contributed by atoms with van der Waals surface area (Å²) in [5.41, 5.74) is 6.45. The van der Waals surface area contributed by atoms with Gasteiger partial charge in [0, 0.05) is 24.3 Å². The van der Waals surface area contributed by atoms with Crippen LogP contribution in [0, 0.1) is 6.92 Å². The Bertz CT molecular complexity index is 689. The molecule has 19 heavy (non-hydrogen) atoms. The monoisotopic (exact) mass is 301 g/mol. The van der Waals surface area contributed by atoms with E-state index >= 15 is 0 Å². The number of aryl methyl sites for hydroxylation is 2. The maximum absolute atomic E-state index is 12.2. The fourth-order valence-corrected chi connectivity index (χ4v) is 3.80. The Balaban J connectivity index is 2.24. The van der Waals surface area contributed by atoms with E-state index < -0.39 is 16.1 Å². The first-order chi connectivity index (χ1) is 8.79. The van der Waals surface area contributed by atoms with Crippen molar-refractivity contribution in [2.75, 3.05) is 5.73 Å². The number of nitrogens with one attached hydrogen (secondary N) is 1. The van der Waals surface area contributed by atoms with E-state index in [0.29, 0.717) is 5.01 Å². The number of thiazole rings is 1. The van der Waals surface area contributed by atoms with Gasteiger partial charge in [0.1, 0.15) is 9.90 Å². The number of hydrogen-bond acceptors (Lipinski definition) is 6. The van der Waals surface area contributed by atoms with Crippen molar-refractivity contribution in [2.24, 2.45) is 7.05 Å². The summed E-state index contributed by atoms with van der Waals surface area (Å²) >= 11 is 1.41. The van der Waals surface area contributed by atoms with E-state index in [1.807, 2.05) is 12.3 Å². The van der Waals surface area contributed by atoms with Crippen LogP contribution in [-0.2, 0) is 17.1 Å². The second-order valence-corrected chi connectivity index (χ2v) is 6.79. The standard InChI is InChI=1S/C10H15N5O2S2/c1-6-5-18-10(12-6)7(2)14-19(16,17)8-4-15(3)13-9(8)11/h4-5,7,14H,1-3H3,(H2,11,13). The van der Waals surface area contributed by atoms with E-state index in [9.17, 15) is 8.42 Å². The van der Waals surface area contributed by atoms with Crippen molar-refractivity contribution in [1.29, 1.82) is 0 Å². The Morgan fingerprint density at radius 1 is 1.53 bits per heavy atom. The summed E-state index contributed by atoms with van der Waals surface area (Å²) < 4.78 is 28.3. The first-order valence-corrected chi connectivity index (χ1v) is 7.89. The summed E-state index contributed by atoms with van der Waals surface area (Å²) in [6.45, 7) is 3.60. The van der Waals surface area contributed by atoms with Crippen molar-refractivity contribution in [3.8, 4) is 0 Å². The molecule has 0 bridgehead atoms. The molecule has 0 aromatic carbocycles. The van der Waals surface area contributed by atoms with E-state index in [0.717, 1.165) is 5.69 Å². The summed E-state index contributed by atoms with van der Waals surface area (Å²) in [5.74, 6) is -0.0162. The molecule has 7 nitrogen and oxygen atoms in total. The molecule has 0 saturated carbocycles. The van der Waals surface area contributed by atoms with Crippen molar-refractivity contribution in [1.82, 2.24) is 19.5 Å². The van der Waals surface area contributed by atoms with E-state index in [-0.39, 0.29) is 10.7 Å². The summed E-state index contributed by atoms with van der Waals surface area (Å²) in [6.07, 6.45) is 1.37. The molecule has 1 atom stereocenters. The number of aromatic nitrogens is 3. The molecule has 104 valence electrons. The Kier molecular flexibility index (Phi) is 3.61. The predicted molar refractivity (Wildman–Crippen MR) is 73.2 cm³/mol. The maximum Gasteiger partial charge on any atom is 0.246 e. The van der Waals surface area contributed by atoms with Crippen molar-refractivity contribution in [3.63, 3.8) is 0 Å². The van der Waals surface area contributed by atoms with E-state index in [1.165, 1.54) is 22.2 Å². The molecule has 9 heteroatoms. The minimum Gasteiger partial charge on any atom is -0.381 e. The first kappa shape index (κ1) is 14.0. The highest BCUT2D eigenvalue weighted by molar-refractivity contribution is 7.89. The van der Waals surface area contributed by atoms with Crippen molar-refractivity contribution < 1.29 is 8.42 Å². The molecule has 2 aromatic heterocycles. The molecular formula is C10H15N5O2S2. The highest BCUT2D eigenvalue weighted by atomic mass is 32.2. The third-order valence-electron chi connectivity index (χ3n) is 2.45. The second kappa shape index (κ2) is 4.91. The Morgan fingerprint density at radius 2 is 2.21 bits per heavy atom. The van der Waals surface area contributed by atoms with E-state index in [4.69, 9.17) is 5.73 Å². The Morgan fingerprint density at radius 3 is 2.68 bits per heavy atom. The summed E-state index contributed by atoms with van der Waals surface area (Å²) in [6, 6.07) is -0.414.